The molecule has 0 unspecified atom stereocenters. The molecule has 0 aliphatic carbocycles. The lowest BCUT2D eigenvalue weighted by Crippen LogP contribution is -2.42. The molecule has 0 amide bonds. The number of aliphatic imine (C=N–C) groups is 1. The Balaban J connectivity index is 1.38. The van der Waals surface area contributed by atoms with Crippen molar-refractivity contribution in [1.29, 1.82) is 0 Å². The number of hydrogen-bond donors (Lipinski definition) is 2. The van der Waals surface area contributed by atoms with Crippen molar-refractivity contribution >= 4 is 17.3 Å². The van der Waals surface area contributed by atoms with Crippen molar-refractivity contribution in [3.63, 3.8) is 0 Å². The molecular weight excluding hydrogens is 296 g/mol. The monoisotopic (exact) mass is 318 g/mol. The molecule has 0 atom stereocenters. The maximum atomic E-state index is 5.30. The molecule has 0 fully saturated rings. The van der Waals surface area contributed by atoms with Crippen LogP contribution in [0.1, 0.15) is 16.2 Å². The predicted octanol–water partition coefficient (Wildman–Crippen LogP) is 2.06. The second kappa shape index (κ2) is 7.47. The molecule has 0 saturated heterocycles. The van der Waals surface area contributed by atoms with Gasteiger partial charge in [0.1, 0.15) is 5.76 Å². The Kier molecular flexibility index (Phi) is 5.13. The van der Waals surface area contributed by atoms with Gasteiger partial charge in [-0.2, -0.15) is 0 Å². The van der Waals surface area contributed by atoms with Gasteiger partial charge in [0.15, 0.2) is 5.96 Å². The van der Waals surface area contributed by atoms with Crippen molar-refractivity contribution < 1.29 is 4.42 Å². The quantitative estimate of drug-likeness (QED) is 0.654. The molecule has 118 valence electrons. The minimum absolute atomic E-state index is 0.647. The number of thiophene rings is 1. The molecule has 6 heteroatoms. The Labute approximate surface area is 135 Å². The van der Waals surface area contributed by atoms with Crippen LogP contribution in [0.25, 0.3) is 0 Å². The van der Waals surface area contributed by atoms with Crippen molar-refractivity contribution in [3.8, 4) is 0 Å². The first-order valence-electron chi connectivity index (χ1n) is 7.59. The van der Waals surface area contributed by atoms with E-state index in [2.05, 4.69) is 32.0 Å². The molecule has 5 nitrogen and oxygen atoms in total. The normalized spacial score (nSPS) is 15.6. The molecule has 1 aliphatic heterocycles. The summed E-state index contributed by atoms with van der Waals surface area (Å²) in [6.07, 6.45) is 2.86. The Hall–Kier alpha value is -1.79. The number of hydrogen-bond acceptors (Lipinski definition) is 4. The van der Waals surface area contributed by atoms with Crippen LogP contribution < -0.4 is 10.6 Å². The summed E-state index contributed by atoms with van der Waals surface area (Å²) in [6, 6.07) is 6.10. The van der Waals surface area contributed by atoms with Crippen molar-refractivity contribution in [1.82, 2.24) is 15.5 Å². The molecular formula is C16H22N4OS. The summed E-state index contributed by atoms with van der Waals surface area (Å²) in [5.41, 5.74) is 1.50. The highest BCUT2D eigenvalue weighted by Crippen LogP contribution is 2.23. The van der Waals surface area contributed by atoms with Gasteiger partial charge in [-0.25, -0.2) is 0 Å². The summed E-state index contributed by atoms with van der Waals surface area (Å²) >= 11 is 1.88. The first kappa shape index (κ1) is 15.1. The zero-order valence-corrected chi connectivity index (χ0v) is 13.7. The fourth-order valence-electron chi connectivity index (χ4n) is 2.63. The molecule has 0 saturated carbocycles. The van der Waals surface area contributed by atoms with E-state index in [9.17, 15) is 0 Å². The van der Waals surface area contributed by atoms with Crippen LogP contribution in [0.5, 0.6) is 0 Å². The fourth-order valence-corrected chi connectivity index (χ4v) is 3.52. The average Bonchev–Trinajstić information content (AvgIpc) is 3.21. The second-order valence-electron chi connectivity index (χ2n) is 5.33. The lowest BCUT2D eigenvalue weighted by atomic mass is 10.1. The van der Waals surface area contributed by atoms with E-state index >= 15 is 0 Å². The average molecular weight is 318 g/mol. The third-order valence-electron chi connectivity index (χ3n) is 3.84. The maximum Gasteiger partial charge on any atom is 0.191 e. The molecule has 3 heterocycles. The second-order valence-corrected chi connectivity index (χ2v) is 6.33. The summed E-state index contributed by atoms with van der Waals surface area (Å²) in [4.78, 5) is 8.28. The van der Waals surface area contributed by atoms with Crippen LogP contribution in [0.2, 0.25) is 0 Å². The van der Waals surface area contributed by atoms with E-state index in [4.69, 9.17) is 4.42 Å². The van der Waals surface area contributed by atoms with Crippen molar-refractivity contribution in [2.24, 2.45) is 4.99 Å². The molecule has 2 N–H and O–H groups in total. The molecule has 22 heavy (non-hydrogen) atoms. The minimum atomic E-state index is 0.647. The number of furan rings is 1. The van der Waals surface area contributed by atoms with Crippen molar-refractivity contribution in [3.05, 3.63) is 46.0 Å². The Morgan fingerprint density at radius 3 is 3.18 bits per heavy atom. The molecule has 0 spiro atoms. The van der Waals surface area contributed by atoms with Gasteiger partial charge in [-0.15, -0.1) is 11.3 Å². The van der Waals surface area contributed by atoms with Gasteiger partial charge in [-0.3, -0.25) is 9.89 Å². The summed E-state index contributed by atoms with van der Waals surface area (Å²) < 4.78 is 5.30. The number of rotatable bonds is 5. The van der Waals surface area contributed by atoms with E-state index in [1.54, 1.807) is 18.2 Å². The van der Waals surface area contributed by atoms with Crippen LogP contribution in [-0.4, -0.2) is 37.5 Å². The topological polar surface area (TPSA) is 52.8 Å². The molecule has 2 aromatic heterocycles. The predicted molar refractivity (Wildman–Crippen MR) is 90.2 cm³/mol. The van der Waals surface area contributed by atoms with Crippen LogP contribution in [-0.2, 0) is 19.5 Å². The Bertz CT molecular complexity index is 605. The minimum Gasteiger partial charge on any atom is -0.467 e. The summed E-state index contributed by atoms with van der Waals surface area (Å²) in [6.45, 7) is 4.77. The van der Waals surface area contributed by atoms with Gasteiger partial charge < -0.3 is 15.1 Å². The van der Waals surface area contributed by atoms with E-state index in [1.807, 2.05) is 23.5 Å². The Morgan fingerprint density at radius 2 is 2.36 bits per heavy atom. The lowest BCUT2D eigenvalue weighted by Gasteiger charge is -2.27. The van der Waals surface area contributed by atoms with Gasteiger partial charge in [-0.1, -0.05) is 0 Å². The zero-order chi connectivity index (χ0) is 15.2. The number of fused-ring (bicyclic) bond motifs is 1. The van der Waals surface area contributed by atoms with E-state index in [0.717, 1.165) is 37.9 Å². The first-order valence-corrected chi connectivity index (χ1v) is 8.47. The van der Waals surface area contributed by atoms with E-state index in [-0.39, 0.29) is 0 Å². The summed E-state index contributed by atoms with van der Waals surface area (Å²) in [5, 5.41) is 8.81. The third-order valence-corrected chi connectivity index (χ3v) is 4.86. The van der Waals surface area contributed by atoms with Gasteiger partial charge >= 0.3 is 0 Å². The van der Waals surface area contributed by atoms with Gasteiger partial charge in [0.25, 0.3) is 0 Å². The van der Waals surface area contributed by atoms with Crippen molar-refractivity contribution in [2.75, 3.05) is 26.7 Å². The highest BCUT2D eigenvalue weighted by molar-refractivity contribution is 7.10. The molecule has 0 bridgehead atoms. The Morgan fingerprint density at radius 1 is 1.41 bits per heavy atom. The summed E-state index contributed by atoms with van der Waals surface area (Å²) in [7, 11) is 1.79. The SMILES string of the molecule is CN=C(NCCN1CCc2sccc2C1)NCc1ccco1. The van der Waals surface area contributed by atoms with Gasteiger partial charge in [0.2, 0.25) is 0 Å². The van der Waals surface area contributed by atoms with Crippen LogP contribution in [0, 0.1) is 0 Å². The fraction of sp³-hybridized carbons (Fsp3) is 0.438. The number of nitrogens with one attached hydrogen (secondary N) is 2. The van der Waals surface area contributed by atoms with Crippen LogP contribution in [0.3, 0.4) is 0 Å². The first-order chi connectivity index (χ1) is 10.8. The van der Waals surface area contributed by atoms with Crippen LogP contribution >= 0.6 is 11.3 Å². The van der Waals surface area contributed by atoms with Gasteiger partial charge in [-0.05, 0) is 35.6 Å². The van der Waals surface area contributed by atoms with E-state index < -0.39 is 0 Å². The third kappa shape index (κ3) is 3.90. The molecule has 0 radical (unpaired) electrons. The number of guanidine groups is 1. The lowest BCUT2D eigenvalue weighted by molar-refractivity contribution is 0.260. The smallest absolute Gasteiger partial charge is 0.191 e. The van der Waals surface area contributed by atoms with E-state index in [0.29, 0.717) is 6.54 Å². The molecule has 1 aliphatic rings. The largest absolute Gasteiger partial charge is 0.467 e. The number of nitrogens with zero attached hydrogens (tertiary/aromatic N) is 2. The molecule has 2 aromatic rings. The highest BCUT2D eigenvalue weighted by Gasteiger charge is 2.16. The molecule has 3 rings (SSSR count). The summed E-state index contributed by atoms with van der Waals surface area (Å²) in [5.74, 6) is 1.72. The van der Waals surface area contributed by atoms with Crippen LogP contribution in [0.4, 0.5) is 0 Å². The highest BCUT2D eigenvalue weighted by atomic mass is 32.1. The van der Waals surface area contributed by atoms with Gasteiger partial charge in [0.05, 0.1) is 12.8 Å². The molecule has 0 aromatic carbocycles. The van der Waals surface area contributed by atoms with Crippen LogP contribution in [0.15, 0.2) is 39.3 Å². The van der Waals surface area contributed by atoms with Crippen molar-refractivity contribution in [2.45, 2.75) is 19.5 Å². The zero-order valence-electron chi connectivity index (χ0n) is 12.8. The maximum absolute atomic E-state index is 5.30. The van der Waals surface area contributed by atoms with Gasteiger partial charge in [0, 0.05) is 38.1 Å². The van der Waals surface area contributed by atoms with E-state index in [1.165, 1.54) is 12.0 Å². The standard InChI is InChI=1S/C16H22N4OS/c1-17-16(19-11-14-3-2-9-21-14)18-6-8-20-7-4-15-13(12-20)5-10-22-15/h2-3,5,9-10H,4,6-8,11-12H2,1H3,(H2,17,18,19).